The van der Waals surface area contributed by atoms with Crippen LogP contribution in [0.1, 0.15) is 58.1 Å². The third-order valence-corrected chi connectivity index (χ3v) is 6.73. The lowest BCUT2D eigenvalue weighted by molar-refractivity contribution is -0.116. The predicted octanol–water partition coefficient (Wildman–Crippen LogP) is 5.41. The van der Waals surface area contributed by atoms with E-state index in [0.29, 0.717) is 35.8 Å². The van der Waals surface area contributed by atoms with Gasteiger partial charge in [0.05, 0.1) is 29.7 Å². The molecule has 3 aromatic heterocycles. The molecule has 1 saturated heterocycles. The summed E-state index contributed by atoms with van der Waals surface area (Å²) in [5, 5.41) is 4.85. The molecular weight excluding hydrogens is 499 g/mol. The van der Waals surface area contributed by atoms with Gasteiger partial charge >= 0.3 is 6.09 Å². The molecule has 10 heteroatoms. The molecule has 39 heavy (non-hydrogen) atoms. The van der Waals surface area contributed by atoms with Crippen molar-refractivity contribution in [3.8, 4) is 22.6 Å². The Morgan fingerprint density at radius 3 is 2.38 bits per heavy atom. The minimum Gasteiger partial charge on any atom is -0.444 e. The number of rotatable bonds is 5. The molecule has 0 saturated carbocycles. The number of hydrogen-bond donors (Lipinski definition) is 0. The van der Waals surface area contributed by atoms with E-state index in [9.17, 15) is 14.0 Å². The van der Waals surface area contributed by atoms with Gasteiger partial charge in [-0.3, -0.25) is 4.79 Å². The van der Waals surface area contributed by atoms with Crippen LogP contribution in [0.3, 0.4) is 0 Å². The number of ketones is 1. The summed E-state index contributed by atoms with van der Waals surface area (Å²) >= 11 is 0. The van der Waals surface area contributed by atoms with Crippen molar-refractivity contribution in [2.24, 2.45) is 0 Å². The van der Waals surface area contributed by atoms with Gasteiger partial charge in [-0.2, -0.15) is 5.10 Å². The van der Waals surface area contributed by atoms with Gasteiger partial charge in [-0.1, -0.05) is 0 Å². The van der Waals surface area contributed by atoms with E-state index in [0.717, 1.165) is 29.9 Å². The molecule has 4 aromatic rings. The van der Waals surface area contributed by atoms with Crippen molar-refractivity contribution >= 4 is 17.5 Å². The molecule has 5 rings (SSSR count). The van der Waals surface area contributed by atoms with Crippen molar-refractivity contribution in [2.75, 3.05) is 13.1 Å². The number of aromatic nitrogens is 5. The number of aryl methyl sites for hydroxylation is 1. The first-order chi connectivity index (χ1) is 18.5. The predicted molar refractivity (Wildman–Crippen MR) is 145 cm³/mol. The van der Waals surface area contributed by atoms with Gasteiger partial charge in [-0.25, -0.2) is 23.7 Å². The number of halogens is 1. The third kappa shape index (κ3) is 5.69. The zero-order chi connectivity index (χ0) is 27.9. The first-order valence-electron chi connectivity index (χ1n) is 13.2. The number of fused-ring (bicyclic) bond motifs is 1. The van der Waals surface area contributed by atoms with Gasteiger partial charge in [0.2, 0.25) is 0 Å². The van der Waals surface area contributed by atoms with Crippen LogP contribution in [-0.4, -0.2) is 59.6 Å². The van der Waals surface area contributed by atoms with E-state index in [1.807, 2.05) is 39.8 Å². The van der Waals surface area contributed by atoms with Gasteiger partial charge in [0.25, 0.3) is 0 Å². The fourth-order valence-corrected chi connectivity index (χ4v) is 5.08. The molecule has 0 aliphatic carbocycles. The smallest absolute Gasteiger partial charge is 0.410 e. The Bertz CT molecular complexity index is 1530. The van der Waals surface area contributed by atoms with Crippen molar-refractivity contribution in [1.29, 1.82) is 0 Å². The first kappa shape index (κ1) is 26.5. The van der Waals surface area contributed by atoms with E-state index in [2.05, 4.69) is 9.55 Å². The molecule has 0 spiro atoms. The third-order valence-electron chi connectivity index (χ3n) is 6.73. The van der Waals surface area contributed by atoms with Gasteiger partial charge in [-0.05, 0) is 83.9 Å². The second kappa shape index (κ2) is 10.2. The van der Waals surface area contributed by atoms with Crippen molar-refractivity contribution in [1.82, 2.24) is 29.0 Å². The van der Waals surface area contributed by atoms with Crippen LogP contribution in [0.5, 0.6) is 0 Å². The zero-order valence-corrected chi connectivity index (χ0v) is 22.9. The van der Waals surface area contributed by atoms with Gasteiger partial charge in [0.15, 0.2) is 5.65 Å². The molecular formula is C29H33FN6O3. The minimum atomic E-state index is -0.548. The Morgan fingerprint density at radius 1 is 1.05 bits per heavy atom. The van der Waals surface area contributed by atoms with Gasteiger partial charge in [0, 0.05) is 24.7 Å². The lowest BCUT2D eigenvalue weighted by Gasteiger charge is -2.34. The van der Waals surface area contributed by atoms with Crippen molar-refractivity contribution < 1.29 is 18.7 Å². The fourth-order valence-electron chi connectivity index (χ4n) is 5.08. The molecule has 0 N–H and O–H groups in total. The maximum absolute atomic E-state index is 13.8. The monoisotopic (exact) mass is 532 g/mol. The van der Waals surface area contributed by atoms with E-state index in [1.54, 1.807) is 27.7 Å². The number of hydrogen-bond acceptors (Lipinski definition) is 6. The second-order valence-electron chi connectivity index (χ2n) is 11.1. The largest absolute Gasteiger partial charge is 0.444 e. The first-order valence-corrected chi connectivity index (χ1v) is 13.2. The van der Waals surface area contributed by atoms with Crippen LogP contribution in [0.4, 0.5) is 9.18 Å². The number of benzene rings is 1. The molecule has 1 aliphatic rings. The highest BCUT2D eigenvalue weighted by molar-refractivity contribution is 5.79. The highest BCUT2D eigenvalue weighted by Gasteiger charge is 2.31. The van der Waals surface area contributed by atoms with Crippen LogP contribution < -0.4 is 0 Å². The Morgan fingerprint density at radius 2 is 1.74 bits per heavy atom. The van der Waals surface area contributed by atoms with E-state index >= 15 is 0 Å². The number of carbonyl (C=O) groups excluding carboxylic acids is 2. The maximum atomic E-state index is 13.8. The number of nitrogens with zero attached hydrogens (tertiary/aromatic N) is 6. The Balaban J connectivity index is 1.54. The Labute approximate surface area is 226 Å². The van der Waals surface area contributed by atoms with Crippen LogP contribution in [0.2, 0.25) is 0 Å². The van der Waals surface area contributed by atoms with E-state index in [1.165, 1.54) is 19.1 Å². The molecule has 9 nitrogen and oxygen atoms in total. The van der Waals surface area contributed by atoms with Crippen molar-refractivity contribution in [3.05, 3.63) is 59.9 Å². The summed E-state index contributed by atoms with van der Waals surface area (Å²) in [7, 11) is 0. The van der Waals surface area contributed by atoms with Gasteiger partial charge in [-0.15, -0.1) is 0 Å². The lowest BCUT2D eigenvalue weighted by Crippen LogP contribution is -2.42. The highest BCUT2D eigenvalue weighted by atomic mass is 19.1. The van der Waals surface area contributed by atoms with E-state index in [4.69, 9.17) is 14.8 Å². The van der Waals surface area contributed by atoms with Gasteiger partial charge in [0.1, 0.15) is 28.7 Å². The topological polar surface area (TPSA) is 94.6 Å². The lowest BCUT2D eigenvalue weighted by atomic mass is 10.0. The number of amides is 1. The summed E-state index contributed by atoms with van der Waals surface area (Å²) < 4.78 is 23.2. The number of likely N-dealkylation sites (tertiary alicyclic amines) is 1. The molecule has 0 bridgehead atoms. The molecule has 204 valence electrons. The summed E-state index contributed by atoms with van der Waals surface area (Å²) in [6.07, 6.45) is 3.16. The highest BCUT2D eigenvalue weighted by Crippen LogP contribution is 2.37. The van der Waals surface area contributed by atoms with Crippen LogP contribution >= 0.6 is 0 Å². The fraction of sp³-hybridized carbons (Fsp3) is 0.414. The van der Waals surface area contributed by atoms with Crippen LogP contribution in [0.15, 0.2) is 42.6 Å². The average Bonchev–Trinajstić information content (AvgIpc) is 3.42. The molecule has 0 atom stereocenters. The number of imidazole rings is 2. The molecule has 0 unspecified atom stereocenters. The SMILES string of the molecule is CC(=O)Cc1cn2nc(-c3c(-c4ccc(F)cc4)nc(C)n3C3CCN(C(=O)OC(C)(C)C)CC3)ccc2n1. The quantitative estimate of drug-likeness (QED) is 0.341. The number of piperidine rings is 1. The average molecular weight is 533 g/mol. The van der Waals surface area contributed by atoms with Crippen LogP contribution in [0.25, 0.3) is 28.3 Å². The molecule has 1 fully saturated rings. The summed E-state index contributed by atoms with van der Waals surface area (Å²) in [4.78, 5) is 35.4. The zero-order valence-electron chi connectivity index (χ0n) is 22.9. The normalized spacial score (nSPS) is 14.7. The summed E-state index contributed by atoms with van der Waals surface area (Å²) in [5.74, 6) is 0.524. The van der Waals surface area contributed by atoms with E-state index in [-0.39, 0.29) is 30.2 Å². The molecule has 1 aliphatic heterocycles. The summed E-state index contributed by atoms with van der Waals surface area (Å²) in [6, 6.07) is 10.1. The standard InChI is InChI=1S/C29H33FN6O3/c1-18(37)16-22-17-35-25(32-22)11-10-24(33-35)27-26(20-6-8-21(30)9-7-20)31-19(2)36(27)23-12-14-34(15-13-23)28(38)39-29(3,4)5/h6-11,17,23H,12-16H2,1-5H3. The van der Waals surface area contributed by atoms with Crippen LogP contribution in [0, 0.1) is 12.7 Å². The Hall–Kier alpha value is -4.08. The van der Waals surface area contributed by atoms with Gasteiger partial charge < -0.3 is 14.2 Å². The second-order valence-corrected chi connectivity index (χ2v) is 11.1. The van der Waals surface area contributed by atoms with Crippen molar-refractivity contribution in [2.45, 2.75) is 65.5 Å². The van der Waals surface area contributed by atoms with E-state index < -0.39 is 5.60 Å². The van der Waals surface area contributed by atoms with Crippen molar-refractivity contribution in [3.63, 3.8) is 0 Å². The number of carbonyl (C=O) groups is 2. The Kier molecular flexibility index (Phi) is 6.96. The number of Topliss-reactive ketones (excluding diaryl/α,β-unsaturated/α-hetero) is 1. The molecule has 0 radical (unpaired) electrons. The number of ether oxygens (including phenoxy) is 1. The molecule has 4 heterocycles. The molecule has 1 amide bonds. The van der Waals surface area contributed by atoms with Crippen LogP contribution in [-0.2, 0) is 16.0 Å². The summed E-state index contributed by atoms with van der Waals surface area (Å²) in [5.41, 5.74) is 3.75. The summed E-state index contributed by atoms with van der Waals surface area (Å²) in [6.45, 7) is 10.2. The maximum Gasteiger partial charge on any atom is 0.410 e. The molecule has 1 aromatic carbocycles. The minimum absolute atomic E-state index is 0.0312.